The lowest BCUT2D eigenvalue weighted by atomic mass is 10.0. The van der Waals surface area contributed by atoms with Gasteiger partial charge in [-0.1, -0.05) is 0 Å². The standard InChI is InChI=1S/C28H30F3N5O6/c1-40-19-11-16(12-20(14-19)41-2)24-21-6-8-35(27(32)39)25(21)26(38)36(33-24)23-13-17(3-4-22(23)28(29,30)31)34-7-5-18(15-34)42-10-9-37/h3-4,11-14,18,37H,5-10,15H2,1-2H3,(H2,32,39)/t18-/m1/s1. The second-order valence-corrected chi connectivity index (χ2v) is 9.88. The van der Waals surface area contributed by atoms with Crippen molar-refractivity contribution in [3.8, 4) is 28.4 Å². The van der Waals surface area contributed by atoms with Crippen LogP contribution in [0.5, 0.6) is 11.5 Å². The highest BCUT2D eigenvalue weighted by Gasteiger charge is 2.38. The lowest BCUT2D eigenvalue weighted by Gasteiger charge is -2.23. The summed E-state index contributed by atoms with van der Waals surface area (Å²) >= 11 is 0. The van der Waals surface area contributed by atoms with Gasteiger partial charge in [0.2, 0.25) is 0 Å². The zero-order valence-corrected chi connectivity index (χ0v) is 23.0. The molecule has 0 saturated carbocycles. The average molecular weight is 590 g/mol. The molecule has 5 rings (SSSR count). The van der Waals surface area contributed by atoms with Crippen LogP contribution in [0, 0.1) is 0 Å². The number of ether oxygens (including phenoxy) is 3. The van der Waals surface area contributed by atoms with E-state index in [0.29, 0.717) is 52.5 Å². The molecule has 14 heteroatoms. The van der Waals surface area contributed by atoms with Crippen LogP contribution >= 0.6 is 0 Å². The summed E-state index contributed by atoms with van der Waals surface area (Å²) in [6, 6.07) is 7.45. The molecule has 2 aromatic carbocycles. The molecule has 2 aliphatic heterocycles. The number of hydrogen-bond donors (Lipinski definition) is 2. The number of rotatable bonds is 8. The van der Waals surface area contributed by atoms with Crippen LogP contribution in [0.25, 0.3) is 16.9 Å². The highest BCUT2D eigenvalue weighted by Crippen LogP contribution is 2.39. The Labute approximate surface area is 238 Å². The van der Waals surface area contributed by atoms with E-state index in [1.165, 1.54) is 26.4 Å². The molecule has 3 aromatic rings. The molecular weight excluding hydrogens is 559 g/mol. The number of benzene rings is 2. The number of aromatic nitrogens is 2. The fourth-order valence-electron chi connectivity index (χ4n) is 5.41. The zero-order valence-electron chi connectivity index (χ0n) is 23.0. The minimum Gasteiger partial charge on any atom is -0.497 e. The van der Waals surface area contributed by atoms with Crippen LogP contribution in [-0.4, -0.2) is 74.1 Å². The summed E-state index contributed by atoms with van der Waals surface area (Å²) in [5, 5.41) is 13.5. The normalized spacial score (nSPS) is 16.6. The third kappa shape index (κ3) is 5.46. The second-order valence-electron chi connectivity index (χ2n) is 9.88. The summed E-state index contributed by atoms with van der Waals surface area (Å²) in [5.74, 6) is 0.791. The lowest BCUT2D eigenvalue weighted by Crippen LogP contribution is -2.39. The van der Waals surface area contributed by atoms with Gasteiger partial charge < -0.3 is 30.0 Å². The molecule has 3 N–H and O–H groups in total. The first kappa shape index (κ1) is 29.2. The maximum absolute atomic E-state index is 14.4. The third-order valence-electron chi connectivity index (χ3n) is 7.38. The van der Waals surface area contributed by atoms with Crippen LogP contribution in [-0.2, 0) is 17.3 Å². The van der Waals surface area contributed by atoms with Gasteiger partial charge in [0.1, 0.15) is 17.2 Å². The summed E-state index contributed by atoms with van der Waals surface area (Å²) in [4.78, 5) is 29.1. The number of hydrogen-bond acceptors (Lipinski definition) is 8. The predicted molar refractivity (Wildman–Crippen MR) is 148 cm³/mol. The Balaban J connectivity index is 1.73. The smallest absolute Gasteiger partial charge is 0.418 e. The van der Waals surface area contributed by atoms with E-state index in [4.69, 9.17) is 25.1 Å². The minimum absolute atomic E-state index is 0.0644. The van der Waals surface area contributed by atoms with Crippen LogP contribution in [0.15, 0.2) is 41.2 Å². The summed E-state index contributed by atoms with van der Waals surface area (Å²) in [7, 11) is 2.90. The number of aliphatic hydroxyl groups is 1. The van der Waals surface area contributed by atoms with Crippen molar-refractivity contribution in [1.29, 1.82) is 0 Å². The van der Waals surface area contributed by atoms with Gasteiger partial charge in [-0.05, 0) is 43.2 Å². The van der Waals surface area contributed by atoms with Crippen molar-refractivity contribution in [3.63, 3.8) is 0 Å². The van der Waals surface area contributed by atoms with Crippen molar-refractivity contribution in [2.75, 3.05) is 56.9 Å². The topological polar surface area (TPSA) is 132 Å². The molecule has 224 valence electrons. The molecule has 42 heavy (non-hydrogen) atoms. The van der Waals surface area contributed by atoms with Crippen molar-refractivity contribution in [2.24, 2.45) is 5.73 Å². The molecule has 2 aliphatic rings. The summed E-state index contributed by atoms with van der Waals surface area (Å²) < 4.78 is 60.1. The number of carbonyl (C=O) groups excluding carboxylic acids is 1. The molecule has 1 saturated heterocycles. The third-order valence-corrected chi connectivity index (χ3v) is 7.38. The number of fused-ring (bicyclic) bond motifs is 1. The summed E-state index contributed by atoms with van der Waals surface area (Å²) in [6.45, 7) is 0.964. The SMILES string of the molecule is COc1cc(OC)cc(-c2nn(-c3cc(N4CC[C@@H](OCCO)C4)ccc3C(F)(F)F)c(=O)c3c2CCN3C(N)=O)c1. The Hall–Kier alpha value is -4.30. The first-order valence-corrected chi connectivity index (χ1v) is 13.2. The zero-order chi connectivity index (χ0) is 30.2. The highest BCUT2D eigenvalue weighted by atomic mass is 19.4. The molecule has 0 unspecified atom stereocenters. The Morgan fingerprint density at radius 2 is 1.83 bits per heavy atom. The van der Waals surface area contributed by atoms with E-state index < -0.39 is 29.0 Å². The van der Waals surface area contributed by atoms with Crippen molar-refractivity contribution in [2.45, 2.75) is 25.1 Å². The quantitative estimate of drug-likeness (QED) is 0.410. The molecule has 1 atom stereocenters. The van der Waals surface area contributed by atoms with Gasteiger partial charge in [0, 0.05) is 42.5 Å². The molecule has 0 aliphatic carbocycles. The van der Waals surface area contributed by atoms with Crippen LogP contribution < -0.4 is 30.6 Å². The Bertz CT molecular complexity index is 1540. The number of methoxy groups -OCH3 is 2. The fourth-order valence-corrected chi connectivity index (χ4v) is 5.41. The molecule has 11 nitrogen and oxygen atoms in total. The number of urea groups is 1. The van der Waals surface area contributed by atoms with E-state index in [-0.39, 0.29) is 43.7 Å². The number of primary amides is 1. The molecule has 1 fully saturated rings. The second kappa shape index (κ2) is 11.5. The minimum atomic E-state index is -4.82. The molecule has 3 heterocycles. The number of carbonyl (C=O) groups is 1. The van der Waals surface area contributed by atoms with Gasteiger partial charge in [0.15, 0.2) is 0 Å². The van der Waals surface area contributed by atoms with Gasteiger partial charge >= 0.3 is 12.2 Å². The van der Waals surface area contributed by atoms with Gasteiger partial charge in [-0.25, -0.2) is 4.79 Å². The van der Waals surface area contributed by atoms with Crippen molar-refractivity contribution in [3.05, 3.63) is 57.9 Å². The first-order chi connectivity index (χ1) is 20.0. The lowest BCUT2D eigenvalue weighted by molar-refractivity contribution is -0.137. The highest BCUT2D eigenvalue weighted by molar-refractivity contribution is 5.94. The molecule has 0 spiro atoms. The number of nitrogens with two attached hydrogens (primary N) is 1. The number of amides is 2. The number of anilines is 2. The maximum atomic E-state index is 14.4. The maximum Gasteiger partial charge on any atom is 0.418 e. The van der Waals surface area contributed by atoms with Gasteiger partial charge in [-0.3, -0.25) is 9.69 Å². The van der Waals surface area contributed by atoms with E-state index in [0.717, 1.165) is 11.0 Å². The van der Waals surface area contributed by atoms with Crippen LogP contribution in [0.3, 0.4) is 0 Å². The molecule has 1 aromatic heterocycles. The Kier molecular flexibility index (Phi) is 8.01. The molecule has 2 amide bonds. The van der Waals surface area contributed by atoms with Gasteiger partial charge in [-0.15, -0.1) is 0 Å². The van der Waals surface area contributed by atoms with E-state index in [9.17, 15) is 22.8 Å². The van der Waals surface area contributed by atoms with Crippen LogP contribution in [0.1, 0.15) is 17.5 Å². The first-order valence-electron chi connectivity index (χ1n) is 13.2. The van der Waals surface area contributed by atoms with E-state index in [2.05, 4.69) is 5.10 Å². The monoisotopic (exact) mass is 589 g/mol. The molecular formula is C28H30F3N5O6. The van der Waals surface area contributed by atoms with Crippen molar-refractivity contribution >= 4 is 17.4 Å². The molecule has 0 radical (unpaired) electrons. The van der Waals surface area contributed by atoms with Crippen LogP contribution in [0.4, 0.5) is 29.3 Å². The summed E-state index contributed by atoms with van der Waals surface area (Å²) in [6.07, 6.45) is -4.20. The summed E-state index contributed by atoms with van der Waals surface area (Å²) in [5.41, 5.74) is 4.35. The van der Waals surface area contributed by atoms with Crippen molar-refractivity contribution in [1.82, 2.24) is 9.78 Å². The Morgan fingerprint density at radius 3 is 2.45 bits per heavy atom. The number of nitrogens with zero attached hydrogens (tertiary/aromatic N) is 4. The number of alkyl halides is 3. The van der Waals surface area contributed by atoms with Gasteiger partial charge in [0.05, 0.1) is 50.5 Å². The van der Waals surface area contributed by atoms with Crippen molar-refractivity contribution < 1.29 is 37.3 Å². The van der Waals surface area contributed by atoms with E-state index >= 15 is 0 Å². The number of aliphatic hydroxyl groups excluding tert-OH is 1. The van der Waals surface area contributed by atoms with Gasteiger partial charge in [0.25, 0.3) is 5.56 Å². The van der Waals surface area contributed by atoms with Crippen LogP contribution in [0.2, 0.25) is 0 Å². The average Bonchev–Trinajstić information content (AvgIpc) is 3.63. The predicted octanol–water partition coefficient (Wildman–Crippen LogP) is 2.96. The largest absolute Gasteiger partial charge is 0.497 e. The number of halogens is 3. The van der Waals surface area contributed by atoms with E-state index in [1.54, 1.807) is 18.2 Å². The van der Waals surface area contributed by atoms with Gasteiger partial charge in [-0.2, -0.15) is 23.0 Å². The molecule has 0 bridgehead atoms. The Morgan fingerprint density at radius 1 is 1.12 bits per heavy atom. The van der Waals surface area contributed by atoms with E-state index in [1.807, 2.05) is 4.90 Å². The fraction of sp³-hybridized carbons (Fsp3) is 0.393.